The van der Waals surface area contributed by atoms with Crippen molar-refractivity contribution in [1.82, 2.24) is 14.9 Å². The monoisotopic (exact) mass is 379 g/mol. The average molecular weight is 379 g/mol. The largest absolute Gasteiger partial charge is 0.346 e. The Labute approximate surface area is 169 Å². The maximum absolute atomic E-state index is 12.7. The Morgan fingerprint density at radius 1 is 1.03 bits per heavy atom. The van der Waals surface area contributed by atoms with Crippen LogP contribution >= 0.6 is 0 Å². The van der Waals surface area contributed by atoms with E-state index in [1.54, 1.807) is 12.3 Å². The molecule has 1 aliphatic rings. The Morgan fingerprint density at radius 2 is 1.90 bits per heavy atom. The summed E-state index contributed by atoms with van der Waals surface area (Å²) in [6.45, 7) is 1.35. The summed E-state index contributed by atoms with van der Waals surface area (Å²) in [5.74, 6) is 0.0498. The zero-order chi connectivity index (χ0) is 19.6. The molecule has 0 saturated carbocycles. The zero-order valence-electron chi connectivity index (χ0n) is 16.0. The predicted molar refractivity (Wildman–Crippen MR) is 118 cm³/mol. The molecule has 2 aromatic heterocycles. The molecule has 1 amide bonds. The Bertz CT molecular complexity index is 1260. The van der Waals surface area contributed by atoms with Crippen LogP contribution in [-0.2, 0) is 4.79 Å². The molecule has 29 heavy (non-hydrogen) atoms. The first-order valence-corrected chi connectivity index (χ1v) is 9.86. The van der Waals surface area contributed by atoms with Crippen LogP contribution < -0.4 is 0 Å². The van der Waals surface area contributed by atoms with Crippen molar-refractivity contribution in [2.45, 2.75) is 6.42 Å². The molecule has 0 saturated heterocycles. The van der Waals surface area contributed by atoms with Crippen LogP contribution in [0.25, 0.3) is 33.5 Å². The van der Waals surface area contributed by atoms with E-state index < -0.39 is 0 Å². The van der Waals surface area contributed by atoms with E-state index in [1.807, 2.05) is 47.5 Å². The summed E-state index contributed by atoms with van der Waals surface area (Å²) in [6, 6.07) is 18.4. The number of amides is 1. The molecule has 0 atom stereocenters. The van der Waals surface area contributed by atoms with Gasteiger partial charge in [0.2, 0.25) is 5.91 Å². The smallest absolute Gasteiger partial charge is 0.246 e. The van der Waals surface area contributed by atoms with Crippen LogP contribution in [-0.4, -0.2) is 33.9 Å². The first-order chi connectivity index (χ1) is 14.3. The lowest BCUT2D eigenvalue weighted by Gasteiger charge is -2.25. The van der Waals surface area contributed by atoms with Crippen molar-refractivity contribution in [2.24, 2.45) is 0 Å². The van der Waals surface area contributed by atoms with Crippen molar-refractivity contribution >= 4 is 39.4 Å². The second-order valence-electron chi connectivity index (χ2n) is 7.27. The number of hydrogen-bond donors (Lipinski definition) is 1. The van der Waals surface area contributed by atoms with Gasteiger partial charge in [0.05, 0.1) is 0 Å². The van der Waals surface area contributed by atoms with E-state index in [9.17, 15) is 4.79 Å². The van der Waals surface area contributed by atoms with Gasteiger partial charge in [-0.15, -0.1) is 0 Å². The molecule has 1 N–H and O–H groups in total. The van der Waals surface area contributed by atoms with Crippen LogP contribution in [0.3, 0.4) is 0 Å². The van der Waals surface area contributed by atoms with Gasteiger partial charge in [-0.25, -0.2) is 4.98 Å². The molecule has 0 fully saturated rings. The molecule has 142 valence electrons. The van der Waals surface area contributed by atoms with Crippen LogP contribution in [0, 0.1) is 0 Å². The molecule has 0 radical (unpaired) electrons. The van der Waals surface area contributed by atoms with Crippen molar-refractivity contribution in [2.75, 3.05) is 13.1 Å². The minimum atomic E-state index is 0.0498. The summed E-state index contributed by atoms with van der Waals surface area (Å²) >= 11 is 0. The van der Waals surface area contributed by atoms with Crippen molar-refractivity contribution in [3.8, 4) is 0 Å². The molecule has 4 heteroatoms. The van der Waals surface area contributed by atoms with Gasteiger partial charge in [0.15, 0.2) is 0 Å². The van der Waals surface area contributed by atoms with Gasteiger partial charge in [-0.3, -0.25) is 4.79 Å². The average Bonchev–Trinajstić information content (AvgIpc) is 3.22. The lowest BCUT2D eigenvalue weighted by atomic mass is 9.99. The van der Waals surface area contributed by atoms with Crippen LogP contribution in [0.5, 0.6) is 0 Å². The Morgan fingerprint density at radius 3 is 2.79 bits per heavy atom. The summed E-state index contributed by atoms with van der Waals surface area (Å²) in [4.78, 5) is 22.2. The molecule has 3 heterocycles. The standard InChI is InChI=1S/C25H21N3O/c29-24(11-10-19-7-3-6-18-5-1-2-8-21(18)19)28-15-12-20(13-16-28)23-17-27-25-22(23)9-4-14-26-25/h1-12,14,17H,13,15-16H2,(H,26,27). The number of benzene rings is 2. The van der Waals surface area contributed by atoms with Gasteiger partial charge in [-0.05, 0) is 46.5 Å². The van der Waals surface area contributed by atoms with Gasteiger partial charge in [0.25, 0.3) is 0 Å². The van der Waals surface area contributed by atoms with Crippen molar-refractivity contribution < 1.29 is 4.79 Å². The topological polar surface area (TPSA) is 49.0 Å². The summed E-state index contributed by atoms with van der Waals surface area (Å²) in [5, 5.41) is 3.48. The van der Waals surface area contributed by atoms with E-state index in [1.165, 1.54) is 16.5 Å². The Hall–Kier alpha value is -3.66. The first kappa shape index (κ1) is 17.4. The highest BCUT2D eigenvalue weighted by atomic mass is 16.2. The number of hydrogen-bond acceptors (Lipinski definition) is 2. The zero-order valence-corrected chi connectivity index (χ0v) is 16.0. The van der Waals surface area contributed by atoms with Gasteiger partial charge in [-0.2, -0.15) is 0 Å². The Kier molecular flexibility index (Phi) is 4.45. The highest BCUT2D eigenvalue weighted by Crippen LogP contribution is 2.28. The second-order valence-corrected chi connectivity index (χ2v) is 7.27. The van der Waals surface area contributed by atoms with Gasteiger partial charge in [0.1, 0.15) is 5.65 Å². The van der Waals surface area contributed by atoms with Gasteiger partial charge >= 0.3 is 0 Å². The fourth-order valence-electron chi connectivity index (χ4n) is 4.00. The minimum Gasteiger partial charge on any atom is -0.346 e. The molecule has 0 unspecified atom stereocenters. The molecule has 0 aliphatic carbocycles. The van der Waals surface area contributed by atoms with Crippen LogP contribution in [0.1, 0.15) is 17.5 Å². The number of carbonyl (C=O) groups is 1. The van der Waals surface area contributed by atoms with Gasteiger partial charge < -0.3 is 9.88 Å². The summed E-state index contributed by atoms with van der Waals surface area (Å²) < 4.78 is 0. The molecule has 0 spiro atoms. The molecule has 2 aromatic carbocycles. The van der Waals surface area contributed by atoms with E-state index in [2.05, 4.69) is 40.3 Å². The van der Waals surface area contributed by atoms with Crippen molar-refractivity contribution in [3.63, 3.8) is 0 Å². The lowest BCUT2D eigenvalue weighted by molar-refractivity contribution is -0.125. The second kappa shape index (κ2) is 7.40. The highest BCUT2D eigenvalue weighted by Gasteiger charge is 2.18. The van der Waals surface area contributed by atoms with E-state index in [4.69, 9.17) is 0 Å². The van der Waals surface area contributed by atoms with Gasteiger partial charge in [0, 0.05) is 42.5 Å². The van der Waals surface area contributed by atoms with Gasteiger partial charge in [-0.1, -0.05) is 48.5 Å². The maximum Gasteiger partial charge on any atom is 0.246 e. The first-order valence-electron chi connectivity index (χ1n) is 9.86. The highest BCUT2D eigenvalue weighted by molar-refractivity contribution is 5.97. The minimum absolute atomic E-state index is 0.0498. The van der Waals surface area contributed by atoms with E-state index in [-0.39, 0.29) is 5.91 Å². The normalized spacial score (nSPS) is 14.6. The van der Waals surface area contributed by atoms with E-state index in [0.717, 1.165) is 34.9 Å². The third-order valence-electron chi connectivity index (χ3n) is 5.55. The summed E-state index contributed by atoms with van der Waals surface area (Å²) in [7, 11) is 0. The number of rotatable bonds is 3. The van der Waals surface area contributed by atoms with E-state index in [0.29, 0.717) is 6.54 Å². The molecule has 1 aliphatic heterocycles. The van der Waals surface area contributed by atoms with Crippen molar-refractivity contribution in [3.05, 3.63) is 90.3 Å². The lowest BCUT2D eigenvalue weighted by Crippen LogP contribution is -2.33. The molecule has 0 bridgehead atoms. The molecular formula is C25H21N3O. The number of fused-ring (bicyclic) bond motifs is 2. The maximum atomic E-state index is 12.7. The number of carbonyl (C=O) groups excluding carboxylic acids is 1. The van der Waals surface area contributed by atoms with Crippen LogP contribution in [0.4, 0.5) is 0 Å². The van der Waals surface area contributed by atoms with Crippen LogP contribution in [0.15, 0.2) is 79.1 Å². The Balaban J connectivity index is 1.32. The molecule has 4 nitrogen and oxygen atoms in total. The number of pyridine rings is 1. The molecule has 4 aromatic rings. The fourth-order valence-corrected chi connectivity index (χ4v) is 4.00. The predicted octanol–water partition coefficient (Wildman–Crippen LogP) is 5.05. The third kappa shape index (κ3) is 3.34. The number of nitrogens with zero attached hydrogens (tertiary/aromatic N) is 2. The number of aromatic nitrogens is 2. The summed E-state index contributed by atoms with van der Waals surface area (Å²) in [6.07, 6.45) is 10.4. The quantitative estimate of drug-likeness (QED) is 0.507. The van der Waals surface area contributed by atoms with Crippen molar-refractivity contribution in [1.29, 1.82) is 0 Å². The third-order valence-corrected chi connectivity index (χ3v) is 5.55. The fraction of sp³-hybridized carbons (Fsp3) is 0.120. The SMILES string of the molecule is O=C(C=Cc1cccc2ccccc12)N1CC=C(c2c[nH]c3ncccc23)CC1. The van der Waals surface area contributed by atoms with E-state index >= 15 is 0 Å². The van der Waals surface area contributed by atoms with Crippen LogP contribution in [0.2, 0.25) is 0 Å². The number of nitrogens with one attached hydrogen (secondary N) is 1. The number of H-pyrrole nitrogens is 1. The summed E-state index contributed by atoms with van der Waals surface area (Å²) in [5.41, 5.74) is 4.42. The molecular weight excluding hydrogens is 358 g/mol. The number of aromatic amines is 1. The molecule has 5 rings (SSSR count).